The van der Waals surface area contributed by atoms with Crippen LogP contribution in [-0.4, -0.2) is 15.9 Å². The highest BCUT2D eigenvalue weighted by Gasteiger charge is 2.21. The minimum Gasteiger partial charge on any atom is -0.283 e. The SMILES string of the molecule is CCc1ccc2nc(N(Cc3ccncc3)C(=O)Cc3ccc(F)cc3)sc2c1. The highest BCUT2D eigenvalue weighted by molar-refractivity contribution is 7.22. The summed E-state index contributed by atoms with van der Waals surface area (Å²) in [7, 11) is 0. The number of rotatable bonds is 6. The maximum absolute atomic E-state index is 13.2. The van der Waals surface area contributed by atoms with Gasteiger partial charge in [-0.1, -0.05) is 36.5 Å². The number of pyridine rings is 1. The second-order valence-electron chi connectivity index (χ2n) is 6.79. The number of hydrogen-bond donors (Lipinski definition) is 0. The van der Waals surface area contributed by atoms with Crippen molar-refractivity contribution < 1.29 is 9.18 Å². The fraction of sp³-hybridized carbons (Fsp3) is 0.174. The fourth-order valence-corrected chi connectivity index (χ4v) is 4.14. The number of fused-ring (bicyclic) bond motifs is 1. The van der Waals surface area contributed by atoms with Gasteiger partial charge in [0.2, 0.25) is 5.91 Å². The summed E-state index contributed by atoms with van der Waals surface area (Å²) in [5.74, 6) is -0.393. The number of aromatic nitrogens is 2. The molecule has 0 aliphatic rings. The summed E-state index contributed by atoms with van der Waals surface area (Å²) < 4.78 is 14.3. The van der Waals surface area contributed by atoms with Crippen molar-refractivity contribution in [3.05, 3.63) is 89.5 Å². The Labute approximate surface area is 172 Å². The molecule has 29 heavy (non-hydrogen) atoms. The Bertz CT molecular complexity index is 1130. The van der Waals surface area contributed by atoms with Gasteiger partial charge in [-0.25, -0.2) is 9.37 Å². The van der Waals surface area contributed by atoms with E-state index >= 15 is 0 Å². The molecule has 4 rings (SSSR count). The van der Waals surface area contributed by atoms with Crippen LogP contribution < -0.4 is 4.90 Å². The first-order chi connectivity index (χ1) is 14.1. The van der Waals surface area contributed by atoms with Crippen molar-refractivity contribution in [2.24, 2.45) is 0 Å². The maximum Gasteiger partial charge on any atom is 0.233 e. The van der Waals surface area contributed by atoms with Gasteiger partial charge in [-0.2, -0.15) is 0 Å². The predicted molar refractivity (Wildman–Crippen MR) is 115 cm³/mol. The van der Waals surface area contributed by atoms with Crippen LogP contribution in [0.5, 0.6) is 0 Å². The van der Waals surface area contributed by atoms with Crippen LogP contribution in [0.25, 0.3) is 10.2 Å². The van der Waals surface area contributed by atoms with E-state index in [-0.39, 0.29) is 18.1 Å². The Balaban J connectivity index is 1.67. The third-order valence-corrected chi connectivity index (χ3v) is 5.78. The summed E-state index contributed by atoms with van der Waals surface area (Å²) in [4.78, 5) is 23.6. The lowest BCUT2D eigenvalue weighted by Gasteiger charge is -2.20. The molecule has 0 aliphatic heterocycles. The third kappa shape index (κ3) is 4.49. The quantitative estimate of drug-likeness (QED) is 0.445. The highest BCUT2D eigenvalue weighted by atomic mass is 32.1. The van der Waals surface area contributed by atoms with Crippen LogP contribution in [0.15, 0.2) is 67.0 Å². The molecule has 0 bridgehead atoms. The Morgan fingerprint density at radius 3 is 2.45 bits per heavy atom. The molecule has 0 saturated heterocycles. The molecular weight excluding hydrogens is 385 g/mol. The molecule has 0 unspecified atom stereocenters. The second kappa shape index (κ2) is 8.49. The minimum absolute atomic E-state index is 0.0804. The monoisotopic (exact) mass is 405 g/mol. The van der Waals surface area contributed by atoms with E-state index in [1.54, 1.807) is 29.4 Å². The van der Waals surface area contributed by atoms with E-state index in [0.29, 0.717) is 11.7 Å². The van der Waals surface area contributed by atoms with Gasteiger partial charge in [-0.3, -0.25) is 14.7 Å². The number of aryl methyl sites for hydroxylation is 1. The molecular formula is C23H20FN3OS. The Kier molecular flexibility index (Phi) is 5.62. The number of anilines is 1. The molecule has 2 heterocycles. The molecule has 4 nitrogen and oxygen atoms in total. The van der Waals surface area contributed by atoms with Crippen molar-refractivity contribution in [1.82, 2.24) is 9.97 Å². The zero-order chi connectivity index (χ0) is 20.2. The first-order valence-corrected chi connectivity index (χ1v) is 10.3. The summed E-state index contributed by atoms with van der Waals surface area (Å²) in [5, 5.41) is 0.664. The number of nitrogens with zero attached hydrogens (tertiary/aromatic N) is 3. The van der Waals surface area contributed by atoms with Crippen LogP contribution in [0.3, 0.4) is 0 Å². The fourth-order valence-electron chi connectivity index (χ4n) is 3.10. The lowest BCUT2D eigenvalue weighted by Crippen LogP contribution is -2.31. The molecule has 2 aromatic heterocycles. The maximum atomic E-state index is 13.2. The topological polar surface area (TPSA) is 46.1 Å². The summed E-state index contributed by atoms with van der Waals surface area (Å²) in [5.41, 5.74) is 3.87. The van der Waals surface area contributed by atoms with Gasteiger partial charge >= 0.3 is 0 Å². The molecule has 0 atom stereocenters. The van der Waals surface area contributed by atoms with Crippen LogP contribution in [0.2, 0.25) is 0 Å². The molecule has 0 N–H and O–H groups in total. The van der Waals surface area contributed by atoms with Crippen LogP contribution in [0.4, 0.5) is 9.52 Å². The molecule has 1 amide bonds. The number of hydrogen-bond acceptors (Lipinski definition) is 4. The number of carbonyl (C=O) groups is 1. The molecule has 0 fully saturated rings. The molecule has 0 saturated carbocycles. The van der Waals surface area contributed by atoms with Gasteiger partial charge in [0.1, 0.15) is 5.82 Å². The van der Waals surface area contributed by atoms with Crippen molar-refractivity contribution in [2.45, 2.75) is 26.3 Å². The number of amides is 1. The van der Waals surface area contributed by atoms with E-state index in [2.05, 4.69) is 24.0 Å². The van der Waals surface area contributed by atoms with Gasteiger partial charge in [-0.05, 0) is 59.5 Å². The van der Waals surface area contributed by atoms with Crippen LogP contribution in [0, 0.1) is 5.82 Å². The second-order valence-corrected chi connectivity index (χ2v) is 7.80. The zero-order valence-electron chi connectivity index (χ0n) is 16.0. The molecule has 0 radical (unpaired) electrons. The lowest BCUT2D eigenvalue weighted by molar-refractivity contribution is -0.118. The van der Waals surface area contributed by atoms with Crippen molar-refractivity contribution in [3.8, 4) is 0 Å². The molecule has 4 aromatic rings. The van der Waals surface area contributed by atoms with E-state index in [1.807, 2.05) is 18.2 Å². The summed E-state index contributed by atoms with van der Waals surface area (Å²) in [6.07, 6.45) is 4.56. The van der Waals surface area contributed by atoms with Crippen LogP contribution in [0.1, 0.15) is 23.6 Å². The van der Waals surface area contributed by atoms with Crippen LogP contribution in [-0.2, 0) is 24.2 Å². The van der Waals surface area contributed by atoms with E-state index in [0.717, 1.165) is 27.8 Å². The Morgan fingerprint density at radius 1 is 1.00 bits per heavy atom. The molecule has 2 aromatic carbocycles. The van der Waals surface area contributed by atoms with Gasteiger partial charge in [0.05, 0.1) is 23.2 Å². The third-order valence-electron chi connectivity index (χ3n) is 4.74. The number of benzene rings is 2. The number of halogens is 1. The van der Waals surface area contributed by atoms with Gasteiger partial charge in [0.25, 0.3) is 0 Å². The normalized spacial score (nSPS) is 11.0. The standard InChI is InChI=1S/C23H20FN3OS/c1-2-16-5-8-20-21(13-16)29-23(26-20)27(15-18-9-11-25-12-10-18)22(28)14-17-3-6-19(24)7-4-17/h3-13H,2,14-15H2,1H3. The number of thiazole rings is 1. The van der Waals surface area contributed by atoms with Crippen molar-refractivity contribution in [1.29, 1.82) is 0 Å². The Hall–Kier alpha value is -3.12. The average Bonchev–Trinajstić information content (AvgIpc) is 3.17. The molecule has 0 spiro atoms. The first kappa shape index (κ1) is 19.2. The molecule has 0 aliphatic carbocycles. The van der Waals surface area contributed by atoms with E-state index in [9.17, 15) is 9.18 Å². The average molecular weight is 405 g/mol. The predicted octanol–water partition coefficient (Wildman–Crippen LogP) is 5.17. The highest BCUT2D eigenvalue weighted by Crippen LogP contribution is 2.31. The molecule has 146 valence electrons. The summed E-state index contributed by atoms with van der Waals surface area (Å²) >= 11 is 1.51. The van der Waals surface area contributed by atoms with E-state index < -0.39 is 0 Å². The summed E-state index contributed by atoms with van der Waals surface area (Å²) in [6, 6.07) is 16.0. The zero-order valence-corrected chi connectivity index (χ0v) is 16.8. The smallest absolute Gasteiger partial charge is 0.233 e. The van der Waals surface area contributed by atoms with Crippen molar-refractivity contribution in [3.63, 3.8) is 0 Å². The number of carbonyl (C=O) groups excluding carboxylic acids is 1. The Morgan fingerprint density at radius 2 is 1.72 bits per heavy atom. The van der Waals surface area contributed by atoms with Gasteiger partial charge < -0.3 is 0 Å². The minimum atomic E-state index is -0.312. The summed E-state index contributed by atoms with van der Waals surface area (Å²) in [6.45, 7) is 2.52. The molecule has 6 heteroatoms. The van der Waals surface area contributed by atoms with E-state index in [1.165, 1.54) is 29.0 Å². The van der Waals surface area contributed by atoms with Crippen molar-refractivity contribution >= 4 is 32.6 Å². The van der Waals surface area contributed by atoms with Gasteiger partial charge in [-0.15, -0.1) is 0 Å². The van der Waals surface area contributed by atoms with Crippen LogP contribution >= 0.6 is 11.3 Å². The van der Waals surface area contributed by atoms with Gasteiger partial charge in [0, 0.05) is 12.4 Å². The van der Waals surface area contributed by atoms with Crippen molar-refractivity contribution in [2.75, 3.05) is 4.90 Å². The van der Waals surface area contributed by atoms with E-state index in [4.69, 9.17) is 4.98 Å². The largest absolute Gasteiger partial charge is 0.283 e. The van der Waals surface area contributed by atoms with Gasteiger partial charge in [0.15, 0.2) is 5.13 Å². The lowest BCUT2D eigenvalue weighted by atomic mass is 10.1. The first-order valence-electron chi connectivity index (χ1n) is 9.45.